The van der Waals surface area contributed by atoms with Crippen LogP contribution in [0.1, 0.15) is 25.7 Å². The number of thioether (sulfide) groups is 1. The zero-order chi connectivity index (χ0) is 16.7. The van der Waals surface area contributed by atoms with Gasteiger partial charge < -0.3 is 15.2 Å². The molecule has 1 saturated heterocycles. The molecule has 0 aliphatic carbocycles. The molecule has 0 bridgehead atoms. The molecule has 1 amide bonds. The van der Waals surface area contributed by atoms with Crippen molar-refractivity contribution in [2.75, 3.05) is 18.1 Å². The summed E-state index contributed by atoms with van der Waals surface area (Å²) in [5.41, 5.74) is -1.12. The Morgan fingerprint density at radius 1 is 1.26 bits per heavy atom. The number of nitrogens with one attached hydrogen (secondary N) is 1. The average Bonchev–Trinajstić information content (AvgIpc) is 2.54. The van der Waals surface area contributed by atoms with E-state index in [4.69, 9.17) is 4.74 Å². The van der Waals surface area contributed by atoms with Crippen LogP contribution in [0.5, 0.6) is 5.75 Å². The third kappa shape index (κ3) is 5.13. The highest BCUT2D eigenvalue weighted by molar-refractivity contribution is 7.99. The SMILES string of the molecule is O=C(CCCOc1ccc(F)cc1)NC1(C(=O)O)CCSCC1. The van der Waals surface area contributed by atoms with Gasteiger partial charge in [0.1, 0.15) is 17.1 Å². The molecular weight excluding hydrogens is 321 g/mol. The van der Waals surface area contributed by atoms with Crippen LogP contribution in [0.2, 0.25) is 0 Å². The summed E-state index contributed by atoms with van der Waals surface area (Å²) in [6.07, 6.45) is 1.56. The summed E-state index contributed by atoms with van der Waals surface area (Å²) in [6.45, 7) is 0.314. The number of carbonyl (C=O) groups excluding carboxylic acids is 1. The molecule has 126 valence electrons. The van der Waals surface area contributed by atoms with Gasteiger partial charge in [0.15, 0.2) is 0 Å². The van der Waals surface area contributed by atoms with Crippen LogP contribution < -0.4 is 10.1 Å². The minimum atomic E-state index is -1.12. The van der Waals surface area contributed by atoms with Gasteiger partial charge in [-0.15, -0.1) is 0 Å². The number of carboxylic acid groups (broad SMARTS) is 1. The van der Waals surface area contributed by atoms with E-state index >= 15 is 0 Å². The molecule has 1 heterocycles. The second kappa shape index (κ2) is 8.19. The first-order valence-electron chi connectivity index (χ1n) is 7.52. The van der Waals surface area contributed by atoms with Crippen LogP contribution in [0.4, 0.5) is 4.39 Å². The predicted octanol–water partition coefficient (Wildman–Crippen LogP) is 2.45. The summed E-state index contributed by atoms with van der Waals surface area (Å²) in [6, 6.07) is 5.66. The van der Waals surface area contributed by atoms with Crippen LogP contribution in [0.25, 0.3) is 0 Å². The lowest BCUT2D eigenvalue weighted by Crippen LogP contribution is -2.56. The standard InChI is InChI=1S/C16H20FNO4S/c17-12-3-5-13(6-4-12)22-9-1-2-14(19)18-16(15(20)21)7-10-23-11-8-16/h3-6H,1-2,7-11H2,(H,18,19)(H,20,21). The van der Waals surface area contributed by atoms with Crippen molar-refractivity contribution in [3.8, 4) is 5.75 Å². The van der Waals surface area contributed by atoms with E-state index in [1.54, 1.807) is 11.8 Å². The monoisotopic (exact) mass is 341 g/mol. The first-order valence-corrected chi connectivity index (χ1v) is 8.68. The van der Waals surface area contributed by atoms with Gasteiger partial charge >= 0.3 is 5.97 Å². The zero-order valence-corrected chi connectivity index (χ0v) is 13.5. The molecule has 0 aromatic heterocycles. The Kier molecular flexibility index (Phi) is 6.27. The molecule has 5 nitrogen and oxygen atoms in total. The van der Waals surface area contributed by atoms with Gasteiger partial charge in [-0.25, -0.2) is 9.18 Å². The zero-order valence-electron chi connectivity index (χ0n) is 12.7. The van der Waals surface area contributed by atoms with Crippen LogP contribution >= 0.6 is 11.8 Å². The quantitative estimate of drug-likeness (QED) is 0.745. The van der Waals surface area contributed by atoms with Crippen molar-refractivity contribution in [2.24, 2.45) is 0 Å². The minimum absolute atomic E-state index is 0.198. The molecule has 0 spiro atoms. The Morgan fingerprint density at radius 2 is 1.91 bits per heavy atom. The number of aliphatic carboxylic acids is 1. The second-order valence-electron chi connectivity index (χ2n) is 5.45. The fourth-order valence-corrected chi connectivity index (χ4v) is 3.58. The van der Waals surface area contributed by atoms with Crippen molar-refractivity contribution >= 4 is 23.6 Å². The van der Waals surface area contributed by atoms with E-state index in [2.05, 4.69) is 5.32 Å². The number of rotatable bonds is 7. The van der Waals surface area contributed by atoms with Gasteiger partial charge in [0.25, 0.3) is 0 Å². The molecule has 7 heteroatoms. The largest absolute Gasteiger partial charge is 0.494 e. The lowest BCUT2D eigenvalue weighted by Gasteiger charge is -2.33. The smallest absolute Gasteiger partial charge is 0.329 e. The van der Waals surface area contributed by atoms with E-state index in [1.165, 1.54) is 24.3 Å². The van der Waals surface area contributed by atoms with Crippen molar-refractivity contribution in [3.05, 3.63) is 30.1 Å². The van der Waals surface area contributed by atoms with E-state index in [1.807, 2.05) is 0 Å². The summed E-state index contributed by atoms with van der Waals surface area (Å²) in [5, 5.41) is 12.1. The van der Waals surface area contributed by atoms with Crippen LogP contribution in [0.15, 0.2) is 24.3 Å². The molecule has 0 unspecified atom stereocenters. The Hall–Kier alpha value is -1.76. The van der Waals surface area contributed by atoms with Gasteiger partial charge in [0.2, 0.25) is 5.91 Å². The molecule has 2 N–H and O–H groups in total. The normalized spacial score (nSPS) is 16.6. The van der Waals surface area contributed by atoms with Crippen molar-refractivity contribution in [2.45, 2.75) is 31.2 Å². The Morgan fingerprint density at radius 3 is 2.52 bits per heavy atom. The lowest BCUT2D eigenvalue weighted by atomic mass is 9.92. The Labute approximate surface area is 138 Å². The summed E-state index contributed by atoms with van der Waals surface area (Å²) in [5.74, 6) is 0.440. The topological polar surface area (TPSA) is 75.6 Å². The summed E-state index contributed by atoms with van der Waals surface area (Å²) >= 11 is 1.70. The number of amides is 1. The molecule has 1 aromatic rings. The van der Waals surface area contributed by atoms with Crippen molar-refractivity contribution in [1.82, 2.24) is 5.32 Å². The Balaban J connectivity index is 1.73. The van der Waals surface area contributed by atoms with Gasteiger partial charge in [0.05, 0.1) is 6.61 Å². The van der Waals surface area contributed by atoms with Crippen LogP contribution in [-0.2, 0) is 9.59 Å². The van der Waals surface area contributed by atoms with E-state index in [0.29, 0.717) is 31.6 Å². The molecule has 0 saturated carbocycles. The van der Waals surface area contributed by atoms with Crippen LogP contribution in [0.3, 0.4) is 0 Å². The molecule has 2 rings (SSSR count). The summed E-state index contributed by atoms with van der Waals surface area (Å²) < 4.78 is 18.2. The number of benzene rings is 1. The number of hydrogen-bond donors (Lipinski definition) is 2. The minimum Gasteiger partial charge on any atom is -0.494 e. The van der Waals surface area contributed by atoms with Gasteiger partial charge in [0, 0.05) is 6.42 Å². The Bertz CT molecular complexity index is 544. The maximum atomic E-state index is 12.7. The van der Waals surface area contributed by atoms with Crippen LogP contribution in [-0.4, -0.2) is 40.6 Å². The molecule has 0 atom stereocenters. The summed E-state index contributed by atoms with van der Waals surface area (Å²) in [7, 11) is 0. The highest BCUT2D eigenvalue weighted by Crippen LogP contribution is 2.27. The molecule has 23 heavy (non-hydrogen) atoms. The number of hydrogen-bond acceptors (Lipinski definition) is 4. The fraction of sp³-hybridized carbons (Fsp3) is 0.500. The second-order valence-corrected chi connectivity index (χ2v) is 6.68. The van der Waals surface area contributed by atoms with Gasteiger partial charge in [-0.05, 0) is 55.0 Å². The molecule has 0 radical (unpaired) electrons. The van der Waals surface area contributed by atoms with Gasteiger partial charge in [-0.1, -0.05) is 0 Å². The number of carbonyl (C=O) groups is 2. The van der Waals surface area contributed by atoms with Crippen LogP contribution in [0, 0.1) is 5.82 Å². The third-order valence-electron chi connectivity index (χ3n) is 3.76. The number of carboxylic acids is 1. The molecule has 1 aliphatic rings. The lowest BCUT2D eigenvalue weighted by molar-refractivity contribution is -0.148. The maximum absolute atomic E-state index is 12.7. The van der Waals surface area contributed by atoms with Crippen molar-refractivity contribution in [1.29, 1.82) is 0 Å². The van der Waals surface area contributed by atoms with Crippen molar-refractivity contribution in [3.63, 3.8) is 0 Å². The first kappa shape index (κ1) is 17.6. The molecular formula is C16H20FNO4S. The fourth-order valence-electron chi connectivity index (χ4n) is 2.40. The summed E-state index contributed by atoms with van der Waals surface area (Å²) in [4.78, 5) is 23.5. The number of halogens is 1. The van der Waals surface area contributed by atoms with Crippen molar-refractivity contribution < 1.29 is 23.8 Å². The van der Waals surface area contributed by atoms with E-state index in [0.717, 1.165) is 11.5 Å². The van der Waals surface area contributed by atoms with Gasteiger partial charge in [-0.2, -0.15) is 11.8 Å². The highest BCUT2D eigenvalue weighted by atomic mass is 32.2. The number of ether oxygens (including phenoxy) is 1. The maximum Gasteiger partial charge on any atom is 0.329 e. The highest BCUT2D eigenvalue weighted by Gasteiger charge is 2.40. The predicted molar refractivity (Wildman–Crippen MR) is 86.2 cm³/mol. The van der Waals surface area contributed by atoms with E-state index in [-0.39, 0.29) is 18.1 Å². The van der Waals surface area contributed by atoms with E-state index < -0.39 is 11.5 Å². The van der Waals surface area contributed by atoms with Gasteiger partial charge in [-0.3, -0.25) is 4.79 Å². The molecule has 1 aliphatic heterocycles. The third-order valence-corrected chi connectivity index (χ3v) is 4.75. The average molecular weight is 341 g/mol. The van der Waals surface area contributed by atoms with E-state index in [9.17, 15) is 19.1 Å². The molecule has 1 fully saturated rings. The molecule has 1 aromatic carbocycles. The first-order chi connectivity index (χ1) is 11.0.